The minimum absolute atomic E-state index is 0.104. The van der Waals surface area contributed by atoms with E-state index in [0.29, 0.717) is 29.4 Å². The molecule has 0 spiro atoms. The number of hydrogen-bond donors (Lipinski definition) is 0. The van der Waals surface area contributed by atoms with Crippen molar-refractivity contribution in [3.63, 3.8) is 0 Å². The van der Waals surface area contributed by atoms with E-state index >= 15 is 0 Å². The Morgan fingerprint density at radius 1 is 0.909 bits per heavy atom. The van der Waals surface area contributed by atoms with Gasteiger partial charge in [-0.1, -0.05) is 42.0 Å². The van der Waals surface area contributed by atoms with Crippen LogP contribution in [0.4, 0.5) is 9.18 Å². The van der Waals surface area contributed by atoms with Gasteiger partial charge in [-0.2, -0.15) is 0 Å². The number of thioether (sulfide) groups is 1. The lowest BCUT2D eigenvalue weighted by atomic mass is 10.2. The van der Waals surface area contributed by atoms with Crippen LogP contribution in [-0.4, -0.2) is 29.3 Å². The van der Waals surface area contributed by atoms with Gasteiger partial charge in [-0.3, -0.25) is 14.5 Å². The molecule has 5 nitrogen and oxygen atoms in total. The third-order valence-corrected chi connectivity index (χ3v) is 5.83. The third-order valence-electron chi connectivity index (χ3n) is 4.93. The van der Waals surface area contributed by atoms with Crippen LogP contribution in [0.2, 0.25) is 0 Å². The molecule has 1 heterocycles. The first-order valence-corrected chi connectivity index (χ1v) is 11.2. The standard InChI is InChI=1S/C26H22FNO4S/c1-18-5-11-22(12-6-18)31-13-14-32-23-4-2-3-20(15-23)16-24-25(29)28(26(30)33-24)17-19-7-9-21(27)10-8-19/h2-12,15-16H,13-14,17H2,1H3/b24-16-. The summed E-state index contributed by atoms with van der Waals surface area (Å²) in [6, 6.07) is 20.8. The summed E-state index contributed by atoms with van der Waals surface area (Å²) in [6.45, 7) is 2.89. The molecule has 33 heavy (non-hydrogen) atoms. The molecule has 0 unspecified atom stereocenters. The SMILES string of the molecule is Cc1ccc(OCCOc2cccc(/C=C3\SC(=O)N(Cc4ccc(F)cc4)C3=O)c2)cc1. The zero-order valence-corrected chi connectivity index (χ0v) is 18.8. The summed E-state index contributed by atoms with van der Waals surface area (Å²) < 4.78 is 24.5. The van der Waals surface area contributed by atoms with Crippen molar-refractivity contribution in [2.75, 3.05) is 13.2 Å². The first-order valence-electron chi connectivity index (χ1n) is 10.4. The van der Waals surface area contributed by atoms with Crippen molar-refractivity contribution >= 4 is 29.0 Å². The zero-order chi connectivity index (χ0) is 23.2. The van der Waals surface area contributed by atoms with Crippen molar-refractivity contribution in [3.8, 4) is 11.5 Å². The molecule has 1 aliphatic heterocycles. The number of carbonyl (C=O) groups is 2. The van der Waals surface area contributed by atoms with Crippen LogP contribution in [0.3, 0.4) is 0 Å². The first kappa shape index (κ1) is 22.6. The summed E-state index contributed by atoms with van der Waals surface area (Å²) in [5.41, 5.74) is 2.60. The Morgan fingerprint density at radius 3 is 2.33 bits per heavy atom. The monoisotopic (exact) mass is 463 g/mol. The number of carbonyl (C=O) groups excluding carboxylic acids is 2. The molecular weight excluding hydrogens is 441 g/mol. The highest BCUT2D eigenvalue weighted by atomic mass is 32.2. The molecule has 0 bridgehead atoms. The minimum atomic E-state index is -0.368. The third kappa shape index (κ3) is 6.02. The Hall–Kier alpha value is -3.58. The molecule has 7 heteroatoms. The van der Waals surface area contributed by atoms with Crippen molar-refractivity contribution in [3.05, 3.63) is 100 Å². The van der Waals surface area contributed by atoms with Crippen molar-refractivity contribution in [2.24, 2.45) is 0 Å². The van der Waals surface area contributed by atoms with Gasteiger partial charge in [0.15, 0.2) is 0 Å². The molecule has 0 aliphatic carbocycles. The molecule has 0 N–H and O–H groups in total. The first-order chi connectivity index (χ1) is 16.0. The lowest BCUT2D eigenvalue weighted by Gasteiger charge is -2.12. The number of hydrogen-bond acceptors (Lipinski definition) is 5. The van der Waals surface area contributed by atoms with Crippen LogP contribution in [0.15, 0.2) is 77.7 Å². The van der Waals surface area contributed by atoms with Gasteiger partial charge in [0.25, 0.3) is 11.1 Å². The van der Waals surface area contributed by atoms with E-state index in [9.17, 15) is 14.0 Å². The van der Waals surface area contributed by atoms with Crippen molar-refractivity contribution in [1.82, 2.24) is 4.90 Å². The van der Waals surface area contributed by atoms with Crippen LogP contribution < -0.4 is 9.47 Å². The van der Waals surface area contributed by atoms with Gasteiger partial charge in [0, 0.05) is 0 Å². The largest absolute Gasteiger partial charge is 0.490 e. The number of imide groups is 1. The molecule has 4 rings (SSSR count). The molecule has 1 aliphatic rings. The summed E-state index contributed by atoms with van der Waals surface area (Å²) >= 11 is 0.889. The normalized spacial score (nSPS) is 14.7. The van der Waals surface area contributed by atoms with Crippen LogP contribution in [0, 0.1) is 12.7 Å². The topological polar surface area (TPSA) is 55.8 Å². The molecule has 3 aromatic rings. The van der Waals surface area contributed by atoms with Gasteiger partial charge in [-0.15, -0.1) is 0 Å². The Morgan fingerprint density at radius 2 is 1.61 bits per heavy atom. The van der Waals surface area contributed by atoms with Gasteiger partial charge in [0.05, 0.1) is 11.4 Å². The van der Waals surface area contributed by atoms with E-state index in [-0.39, 0.29) is 23.5 Å². The fraction of sp³-hybridized carbons (Fsp3) is 0.154. The Kier molecular flexibility index (Phi) is 7.10. The number of aryl methyl sites for hydroxylation is 1. The van der Waals surface area contributed by atoms with Crippen LogP contribution in [-0.2, 0) is 11.3 Å². The van der Waals surface area contributed by atoms with Gasteiger partial charge in [-0.05, 0) is 72.3 Å². The maximum Gasteiger partial charge on any atom is 0.293 e. The van der Waals surface area contributed by atoms with Crippen LogP contribution in [0.25, 0.3) is 6.08 Å². The smallest absolute Gasteiger partial charge is 0.293 e. The van der Waals surface area contributed by atoms with Gasteiger partial charge >= 0.3 is 0 Å². The van der Waals surface area contributed by atoms with E-state index in [4.69, 9.17) is 9.47 Å². The Balaban J connectivity index is 1.35. The molecule has 0 radical (unpaired) electrons. The number of nitrogens with zero attached hydrogens (tertiary/aromatic N) is 1. The summed E-state index contributed by atoms with van der Waals surface area (Å²) in [4.78, 5) is 26.6. The maximum atomic E-state index is 13.1. The maximum absolute atomic E-state index is 13.1. The number of ether oxygens (including phenoxy) is 2. The fourth-order valence-corrected chi connectivity index (χ4v) is 4.05. The molecule has 0 saturated carbocycles. The highest BCUT2D eigenvalue weighted by Gasteiger charge is 2.34. The fourth-order valence-electron chi connectivity index (χ4n) is 3.21. The number of amides is 2. The molecule has 0 atom stereocenters. The highest BCUT2D eigenvalue weighted by Crippen LogP contribution is 2.33. The number of halogens is 1. The zero-order valence-electron chi connectivity index (χ0n) is 18.0. The molecule has 2 amide bonds. The molecule has 1 saturated heterocycles. The lowest BCUT2D eigenvalue weighted by molar-refractivity contribution is -0.123. The predicted octanol–water partition coefficient (Wildman–Crippen LogP) is 5.83. The Bertz CT molecular complexity index is 1180. The predicted molar refractivity (Wildman–Crippen MR) is 127 cm³/mol. The van der Waals surface area contributed by atoms with Gasteiger partial charge in [0.1, 0.15) is 30.5 Å². The summed E-state index contributed by atoms with van der Waals surface area (Å²) in [5.74, 6) is 0.694. The summed E-state index contributed by atoms with van der Waals surface area (Å²) in [5, 5.41) is -0.351. The van der Waals surface area contributed by atoms with E-state index in [1.165, 1.54) is 17.7 Å². The summed E-state index contributed by atoms with van der Waals surface area (Å²) in [6.07, 6.45) is 1.67. The second kappa shape index (κ2) is 10.4. The van der Waals surface area contributed by atoms with Gasteiger partial charge < -0.3 is 9.47 Å². The highest BCUT2D eigenvalue weighted by molar-refractivity contribution is 8.18. The van der Waals surface area contributed by atoms with E-state index in [2.05, 4.69) is 0 Å². The van der Waals surface area contributed by atoms with Gasteiger partial charge in [0.2, 0.25) is 0 Å². The van der Waals surface area contributed by atoms with Crippen molar-refractivity contribution in [2.45, 2.75) is 13.5 Å². The summed E-state index contributed by atoms with van der Waals surface area (Å²) in [7, 11) is 0. The van der Waals surface area contributed by atoms with Crippen molar-refractivity contribution in [1.29, 1.82) is 0 Å². The van der Waals surface area contributed by atoms with E-state index in [0.717, 1.165) is 28.0 Å². The number of benzene rings is 3. The quantitative estimate of drug-likeness (QED) is 0.311. The van der Waals surface area contributed by atoms with Crippen molar-refractivity contribution < 1.29 is 23.5 Å². The molecule has 168 valence electrons. The second-order valence-corrected chi connectivity index (χ2v) is 8.47. The molecular formula is C26H22FNO4S. The molecule has 3 aromatic carbocycles. The average molecular weight is 464 g/mol. The van der Waals surface area contributed by atoms with Crippen LogP contribution >= 0.6 is 11.8 Å². The lowest BCUT2D eigenvalue weighted by Crippen LogP contribution is -2.27. The van der Waals surface area contributed by atoms with Crippen LogP contribution in [0.5, 0.6) is 11.5 Å². The Labute approximate surface area is 195 Å². The van der Waals surface area contributed by atoms with Gasteiger partial charge in [-0.25, -0.2) is 4.39 Å². The van der Waals surface area contributed by atoms with E-state index < -0.39 is 0 Å². The minimum Gasteiger partial charge on any atom is -0.490 e. The van der Waals surface area contributed by atoms with Crippen LogP contribution in [0.1, 0.15) is 16.7 Å². The molecule has 0 aromatic heterocycles. The second-order valence-electron chi connectivity index (χ2n) is 7.48. The molecule has 1 fully saturated rings. The number of rotatable bonds is 8. The van der Waals surface area contributed by atoms with E-state index in [1.54, 1.807) is 24.3 Å². The average Bonchev–Trinajstić information content (AvgIpc) is 3.07. The van der Waals surface area contributed by atoms with E-state index in [1.807, 2.05) is 49.4 Å².